The summed E-state index contributed by atoms with van der Waals surface area (Å²) in [4.78, 5) is 40.1. The van der Waals surface area contributed by atoms with Gasteiger partial charge in [0.05, 0.1) is 26.4 Å². The van der Waals surface area contributed by atoms with Gasteiger partial charge in [-0.05, 0) is 44.5 Å². The fraction of sp³-hybridized carbons (Fsp3) is 0.458. The minimum absolute atomic E-state index is 0.293. The summed E-state index contributed by atoms with van der Waals surface area (Å²) < 4.78 is 18.5. The number of nitrogens with zero attached hydrogens (tertiary/aromatic N) is 2. The Morgan fingerprint density at radius 3 is 2.61 bits per heavy atom. The first-order chi connectivity index (χ1) is 15.8. The Morgan fingerprint density at radius 1 is 1.15 bits per heavy atom. The van der Waals surface area contributed by atoms with Crippen LogP contribution in [0.2, 0.25) is 0 Å². The second-order valence-corrected chi connectivity index (χ2v) is 8.51. The van der Waals surface area contributed by atoms with Crippen LogP contribution in [0.4, 0.5) is 4.79 Å². The van der Waals surface area contributed by atoms with Gasteiger partial charge in [-0.1, -0.05) is 6.07 Å². The smallest absolute Gasteiger partial charge is 0.325 e. The number of ether oxygens (including phenoxy) is 3. The Hall–Kier alpha value is -3.33. The number of urea groups is 1. The molecule has 2 aliphatic rings. The van der Waals surface area contributed by atoms with Crippen molar-refractivity contribution in [2.24, 2.45) is 0 Å². The molecule has 9 heteroatoms. The number of aromatic nitrogens is 1. The number of methoxy groups -OCH3 is 1. The highest BCUT2D eigenvalue weighted by Crippen LogP contribution is 2.36. The highest BCUT2D eigenvalue weighted by atomic mass is 16.5. The molecular formula is C24H29N3O6. The minimum Gasteiger partial charge on any atom is -0.490 e. The zero-order valence-corrected chi connectivity index (χ0v) is 19.4. The molecule has 2 aliphatic heterocycles. The summed E-state index contributed by atoms with van der Waals surface area (Å²) >= 11 is 0. The van der Waals surface area contributed by atoms with Crippen molar-refractivity contribution in [3.05, 3.63) is 46.8 Å². The van der Waals surface area contributed by atoms with Gasteiger partial charge in [0, 0.05) is 37.0 Å². The Morgan fingerprint density at radius 2 is 1.88 bits per heavy atom. The summed E-state index contributed by atoms with van der Waals surface area (Å²) in [5.74, 6) is 0.362. The number of Topliss-reactive ketones (excluding diaryl/α,β-unsaturated/α-hetero) is 1. The Bertz CT molecular complexity index is 1110. The zero-order valence-electron chi connectivity index (χ0n) is 19.4. The normalized spacial score (nSPS) is 20.1. The van der Waals surface area contributed by atoms with Crippen molar-refractivity contribution in [1.82, 2.24) is 14.8 Å². The molecule has 1 N–H and O–H groups in total. The molecule has 1 aromatic carbocycles. The van der Waals surface area contributed by atoms with Crippen LogP contribution in [0.25, 0.3) is 0 Å². The molecular weight excluding hydrogens is 426 g/mol. The molecule has 33 heavy (non-hydrogen) atoms. The van der Waals surface area contributed by atoms with Crippen LogP contribution in [0, 0.1) is 13.8 Å². The first-order valence-electron chi connectivity index (χ1n) is 11.0. The number of aryl methyl sites for hydroxylation is 1. The molecule has 3 amide bonds. The lowest BCUT2D eigenvalue weighted by atomic mass is 9.91. The largest absolute Gasteiger partial charge is 0.490 e. The molecule has 1 saturated heterocycles. The van der Waals surface area contributed by atoms with E-state index in [0.717, 1.165) is 22.7 Å². The lowest BCUT2D eigenvalue weighted by Crippen LogP contribution is -2.41. The first kappa shape index (κ1) is 22.8. The van der Waals surface area contributed by atoms with Gasteiger partial charge >= 0.3 is 6.03 Å². The predicted octanol–water partition coefficient (Wildman–Crippen LogP) is 2.56. The number of hydrogen-bond acceptors (Lipinski definition) is 6. The van der Waals surface area contributed by atoms with Crippen molar-refractivity contribution < 1.29 is 28.6 Å². The predicted molar refractivity (Wildman–Crippen MR) is 120 cm³/mol. The van der Waals surface area contributed by atoms with Gasteiger partial charge < -0.3 is 24.1 Å². The SMILES string of the molecule is COCCn1c(C)cc(C(=O)CN2C(=O)N[C@@](C)(c3ccc4c(c3)OCCCO4)C2=O)c1C. The van der Waals surface area contributed by atoms with Gasteiger partial charge in [0.2, 0.25) is 0 Å². The van der Waals surface area contributed by atoms with Crippen LogP contribution < -0.4 is 14.8 Å². The summed E-state index contributed by atoms with van der Waals surface area (Å²) in [6.45, 7) is 7.26. The van der Waals surface area contributed by atoms with Gasteiger partial charge in [-0.25, -0.2) is 4.79 Å². The zero-order chi connectivity index (χ0) is 23.8. The fourth-order valence-electron chi connectivity index (χ4n) is 4.35. The maximum Gasteiger partial charge on any atom is 0.325 e. The molecule has 1 aromatic heterocycles. The standard InChI is InChI=1S/C24H29N3O6/c1-15-12-18(16(2)26(15)8-11-31-4)19(28)14-27-22(29)24(3,25-23(27)30)17-6-7-20-21(13-17)33-10-5-9-32-20/h6-7,12-13H,5,8-11,14H2,1-4H3,(H,25,30)/t24-/m0/s1. The number of nitrogens with one attached hydrogen (secondary N) is 1. The van der Waals surface area contributed by atoms with Crippen LogP contribution in [0.15, 0.2) is 24.3 Å². The molecule has 176 valence electrons. The van der Waals surface area contributed by atoms with Crippen molar-refractivity contribution >= 4 is 17.7 Å². The van der Waals surface area contributed by atoms with Crippen molar-refractivity contribution in [1.29, 1.82) is 0 Å². The molecule has 2 aromatic rings. The Kier molecular flexibility index (Phi) is 6.16. The van der Waals surface area contributed by atoms with E-state index < -0.39 is 17.5 Å². The maximum absolute atomic E-state index is 13.3. The molecule has 0 radical (unpaired) electrons. The summed E-state index contributed by atoms with van der Waals surface area (Å²) in [5, 5.41) is 2.75. The molecule has 0 saturated carbocycles. The van der Waals surface area contributed by atoms with Crippen molar-refractivity contribution in [2.45, 2.75) is 39.3 Å². The summed E-state index contributed by atoms with van der Waals surface area (Å²) in [5.41, 5.74) is 1.46. The lowest BCUT2D eigenvalue weighted by Gasteiger charge is -2.23. The third-order valence-electron chi connectivity index (χ3n) is 6.29. The Balaban J connectivity index is 1.55. The van der Waals surface area contributed by atoms with E-state index in [2.05, 4.69) is 5.32 Å². The van der Waals surface area contributed by atoms with Gasteiger partial charge in [0.25, 0.3) is 5.91 Å². The third-order valence-corrected chi connectivity index (χ3v) is 6.29. The maximum atomic E-state index is 13.3. The number of ketones is 1. The number of carbonyl (C=O) groups is 3. The average Bonchev–Trinajstić information content (AvgIpc) is 3.06. The van der Waals surface area contributed by atoms with Crippen LogP contribution in [0.3, 0.4) is 0 Å². The molecule has 4 rings (SSSR count). The van der Waals surface area contributed by atoms with Gasteiger partial charge in [0.15, 0.2) is 17.3 Å². The molecule has 0 spiro atoms. The van der Waals surface area contributed by atoms with E-state index >= 15 is 0 Å². The number of benzene rings is 1. The number of fused-ring (bicyclic) bond motifs is 1. The molecule has 0 aliphatic carbocycles. The van der Waals surface area contributed by atoms with E-state index in [0.29, 0.717) is 49.0 Å². The topological polar surface area (TPSA) is 99.1 Å². The van der Waals surface area contributed by atoms with E-state index in [-0.39, 0.29) is 12.3 Å². The first-order valence-corrected chi connectivity index (χ1v) is 11.0. The summed E-state index contributed by atoms with van der Waals surface area (Å²) in [6, 6.07) is 6.38. The summed E-state index contributed by atoms with van der Waals surface area (Å²) in [6.07, 6.45) is 0.763. The number of hydrogen-bond donors (Lipinski definition) is 1. The molecule has 0 bridgehead atoms. The summed E-state index contributed by atoms with van der Waals surface area (Å²) in [7, 11) is 1.62. The van der Waals surface area contributed by atoms with Crippen LogP contribution in [0.1, 0.15) is 40.7 Å². The second kappa shape index (κ2) is 8.90. The van der Waals surface area contributed by atoms with Crippen molar-refractivity contribution in [3.8, 4) is 11.5 Å². The second-order valence-electron chi connectivity index (χ2n) is 8.51. The molecule has 1 atom stereocenters. The van der Waals surface area contributed by atoms with Crippen LogP contribution in [-0.2, 0) is 21.6 Å². The van der Waals surface area contributed by atoms with Crippen molar-refractivity contribution in [3.63, 3.8) is 0 Å². The van der Waals surface area contributed by atoms with Crippen LogP contribution in [-0.4, -0.2) is 60.7 Å². The van der Waals surface area contributed by atoms with Gasteiger partial charge in [-0.2, -0.15) is 0 Å². The van der Waals surface area contributed by atoms with E-state index in [4.69, 9.17) is 14.2 Å². The number of rotatable bonds is 7. The van der Waals surface area contributed by atoms with Gasteiger partial charge in [0.1, 0.15) is 5.54 Å². The average molecular weight is 456 g/mol. The van der Waals surface area contributed by atoms with E-state index in [1.54, 1.807) is 38.3 Å². The molecule has 0 unspecified atom stereocenters. The van der Waals surface area contributed by atoms with Gasteiger partial charge in [-0.15, -0.1) is 0 Å². The number of imide groups is 1. The monoisotopic (exact) mass is 455 g/mol. The third kappa shape index (κ3) is 4.08. The molecule has 1 fully saturated rings. The quantitative estimate of drug-likeness (QED) is 0.509. The van der Waals surface area contributed by atoms with Gasteiger partial charge in [-0.3, -0.25) is 14.5 Å². The van der Waals surface area contributed by atoms with E-state index in [1.807, 2.05) is 18.4 Å². The fourth-order valence-corrected chi connectivity index (χ4v) is 4.35. The van der Waals surface area contributed by atoms with E-state index in [1.165, 1.54) is 0 Å². The van der Waals surface area contributed by atoms with Crippen molar-refractivity contribution in [2.75, 3.05) is 33.5 Å². The number of amides is 3. The highest BCUT2D eigenvalue weighted by molar-refractivity contribution is 6.11. The number of carbonyl (C=O) groups excluding carboxylic acids is 3. The molecule has 9 nitrogen and oxygen atoms in total. The Labute approximate surface area is 192 Å². The highest BCUT2D eigenvalue weighted by Gasteiger charge is 2.50. The van der Waals surface area contributed by atoms with Crippen LogP contribution >= 0.6 is 0 Å². The van der Waals surface area contributed by atoms with E-state index in [9.17, 15) is 14.4 Å². The van der Waals surface area contributed by atoms with Crippen LogP contribution in [0.5, 0.6) is 11.5 Å². The molecule has 3 heterocycles. The lowest BCUT2D eigenvalue weighted by molar-refractivity contribution is -0.130. The minimum atomic E-state index is -1.31.